The molecule has 0 spiro atoms. The summed E-state index contributed by atoms with van der Waals surface area (Å²) in [5, 5.41) is 0. The topological polar surface area (TPSA) is 38.3 Å². The highest BCUT2D eigenvalue weighted by Gasteiger charge is 1.97. The summed E-state index contributed by atoms with van der Waals surface area (Å²) >= 11 is 1.45. The van der Waals surface area contributed by atoms with Crippen molar-refractivity contribution in [3.05, 3.63) is 5.76 Å². The van der Waals surface area contributed by atoms with E-state index in [0.717, 1.165) is 12.8 Å². The van der Waals surface area contributed by atoms with Crippen LogP contribution in [-0.2, 0) is 9.53 Å². The molecule has 0 fully saturated rings. The first-order chi connectivity index (χ1) is 5.85. The quantitative estimate of drug-likeness (QED) is 0.311. The molecule has 0 saturated carbocycles. The molecule has 0 aliphatic rings. The van der Waals surface area contributed by atoms with Gasteiger partial charge in [-0.15, -0.1) is 12.4 Å². The second-order valence-electron chi connectivity index (χ2n) is 2.25. The fraction of sp³-hybridized carbons (Fsp3) is 0.750. The molecule has 3 nitrogen and oxygen atoms in total. The van der Waals surface area contributed by atoms with Gasteiger partial charge in [0, 0.05) is 0 Å². The molecule has 0 aromatic rings. The predicted molar refractivity (Wildman–Crippen MR) is 58.8 cm³/mol. The fourth-order valence-corrected chi connectivity index (χ4v) is 0.869. The SMILES string of the molecule is CCCCOC(=C=O)CNSC.Cl. The minimum atomic E-state index is 0. The van der Waals surface area contributed by atoms with Crippen LogP contribution in [0.5, 0.6) is 0 Å². The van der Waals surface area contributed by atoms with E-state index in [-0.39, 0.29) is 12.4 Å². The van der Waals surface area contributed by atoms with Gasteiger partial charge in [-0.2, -0.15) is 0 Å². The highest BCUT2D eigenvalue weighted by atomic mass is 35.5. The molecule has 0 atom stereocenters. The van der Waals surface area contributed by atoms with Crippen LogP contribution in [0.1, 0.15) is 19.8 Å². The molecule has 0 aliphatic carbocycles. The van der Waals surface area contributed by atoms with Crippen molar-refractivity contribution in [2.45, 2.75) is 19.8 Å². The van der Waals surface area contributed by atoms with E-state index >= 15 is 0 Å². The lowest BCUT2D eigenvalue weighted by Crippen LogP contribution is -2.11. The number of halogens is 1. The lowest BCUT2D eigenvalue weighted by atomic mass is 10.4. The van der Waals surface area contributed by atoms with Gasteiger partial charge in [-0.25, -0.2) is 4.79 Å². The smallest absolute Gasteiger partial charge is 0.194 e. The summed E-state index contributed by atoms with van der Waals surface area (Å²) in [6, 6.07) is 0. The Morgan fingerprint density at radius 1 is 1.62 bits per heavy atom. The van der Waals surface area contributed by atoms with Crippen molar-refractivity contribution in [3.63, 3.8) is 0 Å². The van der Waals surface area contributed by atoms with E-state index in [1.807, 2.05) is 6.26 Å². The zero-order chi connectivity index (χ0) is 9.23. The number of rotatable bonds is 7. The largest absolute Gasteiger partial charge is 0.485 e. The number of ether oxygens (including phenoxy) is 1. The van der Waals surface area contributed by atoms with Crippen LogP contribution in [0.3, 0.4) is 0 Å². The van der Waals surface area contributed by atoms with Gasteiger partial charge in [0.15, 0.2) is 11.7 Å². The van der Waals surface area contributed by atoms with Crippen molar-refractivity contribution in [2.75, 3.05) is 19.4 Å². The summed E-state index contributed by atoms with van der Waals surface area (Å²) in [6.07, 6.45) is 3.95. The summed E-state index contributed by atoms with van der Waals surface area (Å²) in [5.41, 5.74) is 0. The molecule has 78 valence electrons. The van der Waals surface area contributed by atoms with Gasteiger partial charge >= 0.3 is 0 Å². The van der Waals surface area contributed by atoms with E-state index in [1.165, 1.54) is 11.9 Å². The molecule has 0 heterocycles. The van der Waals surface area contributed by atoms with Crippen molar-refractivity contribution < 1.29 is 9.53 Å². The van der Waals surface area contributed by atoms with Crippen molar-refractivity contribution >= 4 is 30.3 Å². The van der Waals surface area contributed by atoms with Crippen molar-refractivity contribution in [2.24, 2.45) is 0 Å². The molecule has 0 unspecified atom stereocenters. The monoisotopic (exact) mass is 225 g/mol. The molecule has 0 radical (unpaired) electrons. The molecule has 13 heavy (non-hydrogen) atoms. The number of nitrogens with one attached hydrogen (secondary N) is 1. The zero-order valence-electron chi connectivity index (χ0n) is 7.96. The molecule has 0 saturated heterocycles. The zero-order valence-corrected chi connectivity index (χ0v) is 9.59. The first-order valence-electron chi connectivity index (χ1n) is 3.97. The van der Waals surface area contributed by atoms with Crippen LogP contribution < -0.4 is 4.72 Å². The van der Waals surface area contributed by atoms with Crippen LogP contribution >= 0.6 is 24.4 Å². The Bertz CT molecular complexity index is 160. The molecule has 5 heteroatoms. The molecular formula is C8H16ClNO2S. The number of carbonyl (C=O) groups excluding carboxylic acids is 1. The molecule has 1 N–H and O–H groups in total. The summed E-state index contributed by atoms with van der Waals surface area (Å²) in [7, 11) is 0. The Kier molecular flexibility index (Phi) is 14.0. The molecule has 0 aromatic carbocycles. The number of hydrogen-bond donors (Lipinski definition) is 1. The minimum absolute atomic E-state index is 0. The van der Waals surface area contributed by atoms with E-state index in [0.29, 0.717) is 18.9 Å². The van der Waals surface area contributed by atoms with Crippen LogP contribution in [0.4, 0.5) is 0 Å². The lowest BCUT2D eigenvalue weighted by Gasteiger charge is -2.05. The average Bonchev–Trinajstić information content (AvgIpc) is 2.11. The maximum Gasteiger partial charge on any atom is 0.194 e. The van der Waals surface area contributed by atoms with E-state index < -0.39 is 0 Å². The number of unbranched alkanes of at least 4 members (excludes halogenated alkanes) is 1. The van der Waals surface area contributed by atoms with Crippen LogP contribution in [-0.4, -0.2) is 25.3 Å². The Morgan fingerprint density at radius 3 is 2.77 bits per heavy atom. The maximum absolute atomic E-state index is 10.3. The third kappa shape index (κ3) is 9.77. The van der Waals surface area contributed by atoms with Crippen LogP contribution in [0, 0.1) is 0 Å². The normalized spacial score (nSPS) is 8.46. The Balaban J connectivity index is 0. The Hall–Kier alpha value is -0.150. The molecule has 0 rings (SSSR count). The van der Waals surface area contributed by atoms with Crippen LogP contribution in [0.25, 0.3) is 0 Å². The van der Waals surface area contributed by atoms with Gasteiger partial charge in [0.2, 0.25) is 0 Å². The van der Waals surface area contributed by atoms with E-state index in [2.05, 4.69) is 11.6 Å². The molecule has 0 aliphatic heterocycles. The van der Waals surface area contributed by atoms with Gasteiger partial charge in [-0.3, -0.25) is 4.72 Å². The van der Waals surface area contributed by atoms with E-state index in [9.17, 15) is 4.79 Å². The Morgan fingerprint density at radius 2 is 2.31 bits per heavy atom. The van der Waals surface area contributed by atoms with Gasteiger partial charge in [-0.1, -0.05) is 25.3 Å². The summed E-state index contributed by atoms with van der Waals surface area (Å²) in [5.74, 6) is 2.12. The van der Waals surface area contributed by atoms with Crippen LogP contribution in [0.2, 0.25) is 0 Å². The second kappa shape index (κ2) is 11.8. The molecule has 0 amide bonds. The average molecular weight is 226 g/mol. The van der Waals surface area contributed by atoms with Gasteiger partial charge in [0.05, 0.1) is 13.2 Å². The molecule has 0 bridgehead atoms. The summed E-state index contributed by atoms with van der Waals surface area (Å²) in [6.45, 7) is 3.14. The molecule has 0 aromatic heterocycles. The van der Waals surface area contributed by atoms with E-state index in [4.69, 9.17) is 4.74 Å². The second-order valence-corrected chi connectivity index (χ2v) is 2.95. The fourth-order valence-electron chi connectivity index (χ4n) is 0.594. The van der Waals surface area contributed by atoms with Gasteiger partial charge in [-0.05, 0) is 12.7 Å². The first-order valence-corrected chi connectivity index (χ1v) is 5.20. The Labute approximate surface area is 89.8 Å². The van der Waals surface area contributed by atoms with Gasteiger partial charge in [0.25, 0.3) is 0 Å². The third-order valence-corrected chi connectivity index (χ3v) is 1.70. The van der Waals surface area contributed by atoms with Gasteiger partial charge < -0.3 is 4.74 Å². The van der Waals surface area contributed by atoms with E-state index in [1.54, 1.807) is 5.94 Å². The maximum atomic E-state index is 10.3. The van der Waals surface area contributed by atoms with Crippen molar-refractivity contribution in [1.82, 2.24) is 4.72 Å². The highest BCUT2D eigenvalue weighted by Crippen LogP contribution is 1.96. The van der Waals surface area contributed by atoms with Gasteiger partial charge in [0.1, 0.15) is 0 Å². The summed E-state index contributed by atoms with van der Waals surface area (Å²) in [4.78, 5) is 10.3. The first kappa shape index (κ1) is 15.3. The number of hydrogen-bond acceptors (Lipinski definition) is 4. The lowest BCUT2D eigenvalue weighted by molar-refractivity contribution is 0.206. The highest BCUT2D eigenvalue weighted by molar-refractivity contribution is 7.96. The van der Waals surface area contributed by atoms with Crippen LogP contribution in [0.15, 0.2) is 5.76 Å². The van der Waals surface area contributed by atoms with Crippen molar-refractivity contribution in [1.29, 1.82) is 0 Å². The minimum Gasteiger partial charge on any atom is -0.485 e. The van der Waals surface area contributed by atoms with Crippen molar-refractivity contribution in [3.8, 4) is 0 Å². The molecular weight excluding hydrogens is 210 g/mol. The standard InChI is InChI=1S/C8H15NO2S.ClH/c1-3-4-5-11-8(7-10)6-9-12-2;/h9H,3-6H2,1-2H3;1H. The summed E-state index contributed by atoms with van der Waals surface area (Å²) < 4.78 is 8.07. The third-order valence-electron chi connectivity index (χ3n) is 1.27. The predicted octanol–water partition coefficient (Wildman–Crippen LogP) is 1.81.